The number of benzene rings is 1. The molecule has 1 atom stereocenters. The number of aliphatic carboxylic acids is 1. The first-order chi connectivity index (χ1) is 7.91. The summed E-state index contributed by atoms with van der Waals surface area (Å²) in [5.74, 6) is -2.69. The minimum Gasteiger partial charge on any atom is -0.479 e. The van der Waals surface area contributed by atoms with E-state index in [1.54, 1.807) is 0 Å². The van der Waals surface area contributed by atoms with Gasteiger partial charge in [0, 0.05) is 5.56 Å². The Kier molecular flexibility index (Phi) is 4.59. The van der Waals surface area contributed by atoms with Gasteiger partial charge >= 0.3 is 5.97 Å². The molecule has 0 aromatic heterocycles. The number of amides is 1. The van der Waals surface area contributed by atoms with E-state index in [1.165, 1.54) is 12.1 Å². The summed E-state index contributed by atoms with van der Waals surface area (Å²) in [7, 11) is 0. The average Bonchev–Trinajstić information content (AvgIpc) is 2.28. The molecule has 1 aromatic rings. The first-order valence-corrected chi connectivity index (χ1v) is 5.35. The topological polar surface area (TPSA) is 86.6 Å². The van der Waals surface area contributed by atoms with Crippen molar-refractivity contribution in [2.45, 2.75) is 6.10 Å². The summed E-state index contributed by atoms with van der Waals surface area (Å²) >= 11 is 2.94. The number of rotatable bonds is 4. The fourth-order valence-electron chi connectivity index (χ4n) is 1.02. The molecule has 1 aromatic carbocycles. The number of aliphatic hydroxyl groups excluding tert-OH is 1. The van der Waals surface area contributed by atoms with Crippen LogP contribution in [0.25, 0.3) is 0 Å². The van der Waals surface area contributed by atoms with Crippen molar-refractivity contribution < 1.29 is 24.2 Å². The monoisotopic (exact) mass is 305 g/mol. The summed E-state index contributed by atoms with van der Waals surface area (Å²) in [6, 6.07) is 3.74. The fraction of sp³-hybridized carbons (Fsp3) is 0.200. The maximum absolute atomic E-state index is 13.1. The summed E-state index contributed by atoms with van der Waals surface area (Å²) in [5, 5.41) is 19.5. The van der Waals surface area contributed by atoms with E-state index in [2.05, 4.69) is 21.2 Å². The standard InChI is InChI=1S/C10H9BrFNO4/c11-6-2-1-5(3-7(6)12)9(15)13-4-8(14)10(16)17/h1-3,8,14H,4H2,(H,13,15)(H,16,17). The van der Waals surface area contributed by atoms with Gasteiger partial charge in [-0.25, -0.2) is 9.18 Å². The third kappa shape index (κ3) is 3.79. The lowest BCUT2D eigenvalue weighted by molar-refractivity contribution is -0.146. The summed E-state index contributed by atoms with van der Waals surface area (Å²) < 4.78 is 13.3. The molecular weight excluding hydrogens is 297 g/mol. The maximum Gasteiger partial charge on any atom is 0.334 e. The summed E-state index contributed by atoms with van der Waals surface area (Å²) in [5.41, 5.74) is 0.0447. The molecule has 17 heavy (non-hydrogen) atoms. The molecule has 3 N–H and O–H groups in total. The Labute approximate surface area is 104 Å². The van der Waals surface area contributed by atoms with Crippen molar-refractivity contribution in [3.63, 3.8) is 0 Å². The number of halogens is 2. The molecule has 0 bridgehead atoms. The van der Waals surface area contributed by atoms with E-state index in [0.717, 1.165) is 6.07 Å². The number of carboxylic acid groups (broad SMARTS) is 1. The van der Waals surface area contributed by atoms with Gasteiger partial charge in [0.1, 0.15) is 5.82 Å². The highest BCUT2D eigenvalue weighted by Gasteiger charge is 2.15. The summed E-state index contributed by atoms with van der Waals surface area (Å²) in [6.45, 7) is -0.439. The van der Waals surface area contributed by atoms with Gasteiger partial charge in [-0.15, -0.1) is 0 Å². The highest BCUT2D eigenvalue weighted by molar-refractivity contribution is 9.10. The molecule has 0 saturated heterocycles. The van der Waals surface area contributed by atoms with Gasteiger partial charge in [0.25, 0.3) is 5.91 Å². The Balaban J connectivity index is 2.64. The van der Waals surface area contributed by atoms with E-state index in [1.807, 2.05) is 0 Å². The van der Waals surface area contributed by atoms with E-state index < -0.39 is 30.3 Å². The third-order valence-corrected chi connectivity index (χ3v) is 2.57. The molecule has 7 heteroatoms. The number of carbonyl (C=O) groups is 2. The van der Waals surface area contributed by atoms with E-state index in [4.69, 9.17) is 10.2 Å². The van der Waals surface area contributed by atoms with Crippen molar-refractivity contribution in [3.8, 4) is 0 Å². The van der Waals surface area contributed by atoms with Gasteiger partial charge in [-0.1, -0.05) is 0 Å². The lowest BCUT2D eigenvalue weighted by atomic mass is 10.2. The molecular formula is C10H9BrFNO4. The first-order valence-electron chi connectivity index (χ1n) is 4.56. The molecule has 0 saturated carbocycles. The van der Waals surface area contributed by atoms with Crippen LogP contribution in [-0.2, 0) is 4.79 Å². The van der Waals surface area contributed by atoms with Crippen LogP contribution in [0.1, 0.15) is 10.4 Å². The molecule has 1 rings (SSSR count). The van der Waals surface area contributed by atoms with Gasteiger partial charge in [0.15, 0.2) is 6.10 Å². The van der Waals surface area contributed by atoms with Crippen molar-refractivity contribution in [1.29, 1.82) is 0 Å². The Hall–Kier alpha value is -1.47. The maximum atomic E-state index is 13.1. The molecule has 0 spiro atoms. The second-order valence-corrected chi connectivity index (χ2v) is 4.05. The third-order valence-electron chi connectivity index (χ3n) is 1.92. The Morgan fingerprint density at radius 2 is 2.12 bits per heavy atom. The Bertz CT molecular complexity index is 452. The van der Waals surface area contributed by atoms with Crippen LogP contribution >= 0.6 is 15.9 Å². The van der Waals surface area contributed by atoms with Crippen LogP contribution in [0, 0.1) is 5.82 Å². The van der Waals surface area contributed by atoms with Crippen LogP contribution < -0.4 is 5.32 Å². The van der Waals surface area contributed by atoms with Gasteiger partial charge in [0.05, 0.1) is 11.0 Å². The Morgan fingerprint density at radius 3 is 2.65 bits per heavy atom. The van der Waals surface area contributed by atoms with Crippen molar-refractivity contribution >= 4 is 27.8 Å². The number of carbonyl (C=O) groups excluding carboxylic acids is 1. The minimum atomic E-state index is -1.68. The molecule has 0 aliphatic heterocycles. The molecule has 0 heterocycles. The van der Waals surface area contributed by atoms with E-state index in [9.17, 15) is 14.0 Å². The summed E-state index contributed by atoms with van der Waals surface area (Å²) in [6.07, 6.45) is -1.68. The van der Waals surface area contributed by atoms with Crippen molar-refractivity contribution in [2.75, 3.05) is 6.54 Å². The van der Waals surface area contributed by atoms with Gasteiger partial charge in [-0.2, -0.15) is 0 Å². The number of carboxylic acids is 1. The number of hydrogen-bond donors (Lipinski definition) is 3. The van der Waals surface area contributed by atoms with Crippen LogP contribution in [-0.4, -0.2) is 34.7 Å². The van der Waals surface area contributed by atoms with E-state index >= 15 is 0 Å². The second-order valence-electron chi connectivity index (χ2n) is 3.19. The lowest BCUT2D eigenvalue weighted by Crippen LogP contribution is -2.36. The molecule has 92 valence electrons. The van der Waals surface area contributed by atoms with Gasteiger partial charge in [-0.05, 0) is 34.1 Å². The van der Waals surface area contributed by atoms with Gasteiger partial charge in [0.2, 0.25) is 0 Å². The number of nitrogens with one attached hydrogen (secondary N) is 1. The van der Waals surface area contributed by atoms with Crippen LogP contribution in [0.15, 0.2) is 22.7 Å². The van der Waals surface area contributed by atoms with E-state index in [-0.39, 0.29) is 10.0 Å². The zero-order valence-electron chi connectivity index (χ0n) is 8.48. The molecule has 0 aliphatic rings. The SMILES string of the molecule is O=C(NCC(O)C(=O)O)c1ccc(Br)c(F)c1. The lowest BCUT2D eigenvalue weighted by Gasteiger charge is -2.08. The van der Waals surface area contributed by atoms with Crippen LogP contribution in [0.4, 0.5) is 4.39 Å². The number of aliphatic hydroxyl groups is 1. The molecule has 1 amide bonds. The van der Waals surface area contributed by atoms with Crippen LogP contribution in [0.5, 0.6) is 0 Å². The zero-order chi connectivity index (χ0) is 13.0. The highest BCUT2D eigenvalue weighted by atomic mass is 79.9. The first kappa shape index (κ1) is 13.6. The Morgan fingerprint density at radius 1 is 1.47 bits per heavy atom. The van der Waals surface area contributed by atoms with Gasteiger partial charge < -0.3 is 15.5 Å². The normalized spacial score (nSPS) is 11.9. The zero-order valence-corrected chi connectivity index (χ0v) is 10.1. The van der Waals surface area contributed by atoms with Crippen LogP contribution in [0.2, 0.25) is 0 Å². The molecule has 1 unspecified atom stereocenters. The minimum absolute atomic E-state index is 0.0447. The van der Waals surface area contributed by atoms with Crippen molar-refractivity contribution in [2.24, 2.45) is 0 Å². The largest absolute Gasteiger partial charge is 0.479 e. The van der Waals surface area contributed by atoms with Crippen molar-refractivity contribution in [3.05, 3.63) is 34.1 Å². The molecule has 0 fully saturated rings. The quantitative estimate of drug-likeness (QED) is 0.766. The fourth-order valence-corrected chi connectivity index (χ4v) is 1.26. The highest BCUT2D eigenvalue weighted by Crippen LogP contribution is 2.16. The predicted octanol–water partition coefficient (Wildman–Crippen LogP) is 0.763. The average molecular weight is 306 g/mol. The number of hydrogen-bond acceptors (Lipinski definition) is 3. The van der Waals surface area contributed by atoms with Crippen LogP contribution in [0.3, 0.4) is 0 Å². The van der Waals surface area contributed by atoms with Crippen molar-refractivity contribution in [1.82, 2.24) is 5.32 Å². The smallest absolute Gasteiger partial charge is 0.334 e. The molecule has 5 nitrogen and oxygen atoms in total. The summed E-state index contributed by atoms with van der Waals surface area (Å²) in [4.78, 5) is 21.7. The molecule has 0 radical (unpaired) electrons. The predicted molar refractivity (Wildman–Crippen MR) is 60.1 cm³/mol. The second kappa shape index (κ2) is 5.74. The van der Waals surface area contributed by atoms with Gasteiger partial charge in [-0.3, -0.25) is 4.79 Å². The molecule has 0 aliphatic carbocycles. The van der Waals surface area contributed by atoms with E-state index in [0.29, 0.717) is 0 Å².